The maximum atomic E-state index is 11.9. The maximum absolute atomic E-state index is 11.9. The average molecular weight is 256 g/mol. The number of carbonyl (C=O) groups is 2. The van der Waals surface area contributed by atoms with E-state index in [1.165, 1.54) is 0 Å². The SMILES string of the molecule is C[C@@H]1CC[C@@](CC(=O)O)(CC(=O)OC(C)(C)C)C1. The molecule has 1 rings (SSSR count). The Hall–Kier alpha value is -1.06. The van der Waals surface area contributed by atoms with Crippen molar-refractivity contribution in [2.24, 2.45) is 11.3 Å². The molecule has 18 heavy (non-hydrogen) atoms. The van der Waals surface area contributed by atoms with Gasteiger partial charge < -0.3 is 9.84 Å². The second-order valence-electron chi connectivity index (χ2n) is 6.68. The highest BCUT2D eigenvalue weighted by molar-refractivity contribution is 5.73. The summed E-state index contributed by atoms with van der Waals surface area (Å²) in [6.45, 7) is 7.59. The topological polar surface area (TPSA) is 63.6 Å². The number of carbonyl (C=O) groups excluding carboxylic acids is 1. The zero-order valence-electron chi connectivity index (χ0n) is 11.8. The first-order chi connectivity index (χ1) is 8.12. The zero-order chi connectivity index (χ0) is 14.0. The third kappa shape index (κ3) is 4.67. The zero-order valence-corrected chi connectivity index (χ0v) is 11.8. The lowest BCUT2D eigenvalue weighted by atomic mass is 9.79. The molecule has 4 nitrogen and oxygen atoms in total. The summed E-state index contributed by atoms with van der Waals surface area (Å²) in [6, 6.07) is 0. The minimum Gasteiger partial charge on any atom is -0.481 e. The Bertz CT molecular complexity index is 329. The number of carboxylic acids is 1. The van der Waals surface area contributed by atoms with Gasteiger partial charge in [-0.1, -0.05) is 13.3 Å². The minimum absolute atomic E-state index is 0.0661. The van der Waals surface area contributed by atoms with E-state index in [1.54, 1.807) is 0 Å². The maximum Gasteiger partial charge on any atom is 0.306 e. The second kappa shape index (κ2) is 5.29. The Morgan fingerprint density at radius 2 is 1.94 bits per heavy atom. The molecule has 0 spiro atoms. The van der Waals surface area contributed by atoms with Gasteiger partial charge in [-0.2, -0.15) is 0 Å². The molecule has 0 aromatic rings. The number of hydrogen-bond acceptors (Lipinski definition) is 3. The third-order valence-corrected chi connectivity index (χ3v) is 3.41. The van der Waals surface area contributed by atoms with E-state index in [0.29, 0.717) is 5.92 Å². The van der Waals surface area contributed by atoms with Crippen LogP contribution in [0.1, 0.15) is 59.8 Å². The number of carboxylic acid groups (broad SMARTS) is 1. The molecular weight excluding hydrogens is 232 g/mol. The average Bonchev–Trinajstić information content (AvgIpc) is 2.41. The van der Waals surface area contributed by atoms with Crippen LogP contribution in [0.2, 0.25) is 0 Å². The van der Waals surface area contributed by atoms with Gasteiger partial charge in [0.25, 0.3) is 0 Å². The van der Waals surface area contributed by atoms with Crippen molar-refractivity contribution in [3.8, 4) is 0 Å². The van der Waals surface area contributed by atoms with Gasteiger partial charge in [0.05, 0.1) is 12.8 Å². The lowest BCUT2D eigenvalue weighted by Gasteiger charge is -2.28. The van der Waals surface area contributed by atoms with Gasteiger partial charge >= 0.3 is 11.9 Å². The quantitative estimate of drug-likeness (QED) is 0.785. The van der Waals surface area contributed by atoms with Crippen molar-refractivity contribution in [2.75, 3.05) is 0 Å². The lowest BCUT2D eigenvalue weighted by molar-refractivity contribution is -0.158. The Morgan fingerprint density at radius 3 is 2.33 bits per heavy atom. The molecule has 0 aliphatic heterocycles. The molecule has 1 fully saturated rings. The molecule has 0 heterocycles. The highest BCUT2D eigenvalue weighted by Crippen LogP contribution is 2.47. The molecule has 0 unspecified atom stereocenters. The molecule has 0 radical (unpaired) electrons. The van der Waals surface area contributed by atoms with Gasteiger partial charge in [0, 0.05) is 0 Å². The molecule has 0 amide bonds. The van der Waals surface area contributed by atoms with Crippen LogP contribution in [0.3, 0.4) is 0 Å². The Balaban J connectivity index is 2.68. The van der Waals surface area contributed by atoms with E-state index < -0.39 is 17.0 Å². The van der Waals surface area contributed by atoms with E-state index in [2.05, 4.69) is 6.92 Å². The molecule has 1 saturated carbocycles. The first-order valence-corrected chi connectivity index (χ1v) is 6.56. The van der Waals surface area contributed by atoms with E-state index in [1.807, 2.05) is 20.8 Å². The number of hydrogen-bond donors (Lipinski definition) is 1. The van der Waals surface area contributed by atoms with Crippen LogP contribution in [0.25, 0.3) is 0 Å². The fourth-order valence-corrected chi connectivity index (χ4v) is 2.88. The smallest absolute Gasteiger partial charge is 0.306 e. The van der Waals surface area contributed by atoms with Gasteiger partial charge in [0.15, 0.2) is 0 Å². The summed E-state index contributed by atoms with van der Waals surface area (Å²) in [5, 5.41) is 9.02. The molecule has 1 N–H and O–H groups in total. The van der Waals surface area contributed by atoms with Crippen molar-refractivity contribution in [1.29, 1.82) is 0 Å². The Morgan fingerprint density at radius 1 is 1.33 bits per heavy atom. The van der Waals surface area contributed by atoms with Crippen molar-refractivity contribution in [2.45, 2.75) is 65.4 Å². The molecular formula is C14H24O4. The minimum atomic E-state index is -0.826. The van der Waals surface area contributed by atoms with Gasteiger partial charge in [-0.15, -0.1) is 0 Å². The van der Waals surface area contributed by atoms with E-state index in [9.17, 15) is 9.59 Å². The highest BCUT2D eigenvalue weighted by atomic mass is 16.6. The van der Waals surface area contributed by atoms with Crippen LogP contribution >= 0.6 is 0 Å². The van der Waals surface area contributed by atoms with Crippen molar-refractivity contribution in [3.05, 3.63) is 0 Å². The fourth-order valence-electron chi connectivity index (χ4n) is 2.88. The fraction of sp³-hybridized carbons (Fsp3) is 0.857. The molecule has 1 aliphatic rings. The number of ether oxygens (including phenoxy) is 1. The summed E-state index contributed by atoms with van der Waals surface area (Å²) >= 11 is 0. The van der Waals surface area contributed by atoms with Gasteiger partial charge in [0.2, 0.25) is 0 Å². The van der Waals surface area contributed by atoms with Gasteiger partial charge in [-0.05, 0) is 44.9 Å². The summed E-state index contributed by atoms with van der Waals surface area (Å²) < 4.78 is 5.31. The number of aliphatic carboxylic acids is 1. The monoisotopic (exact) mass is 256 g/mol. The molecule has 4 heteroatoms. The van der Waals surface area contributed by atoms with Gasteiger partial charge in [-0.3, -0.25) is 9.59 Å². The normalized spacial score (nSPS) is 28.1. The van der Waals surface area contributed by atoms with Crippen LogP contribution < -0.4 is 0 Å². The van der Waals surface area contributed by atoms with Crippen LogP contribution in [0.15, 0.2) is 0 Å². The molecule has 0 aromatic carbocycles. The first-order valence-electron chi connectivity index (χ1n) is 6.56. The summed E-state index contributed by atoms with van der Waals surface area (Å²) in [4.78, 5) is 22.9. The van der Waals surface area contributed by atoms with Crippen LogP contribution in [0.5, 0.6) is 0 Å². The summed E-state index contributed by atoms with van der Waals surface area (Å²) in [5.74, 6) is -0.614. The van der Waals surface area contributed by atoms with E-state index in [4.69, 9.17) is 9.84 Å². The molecule has 104 valence electrons. The molecule has 0 bridgehead atoms. The van der Waals surface area contributed by atoms with Crippen molar-refractivity contribution in [3.63, 3.8) is 0 Å². The molecule has 0 aromatic heterocycles. The van der Waals surface area contributed by atoms with Crippen molar-refractivity contribution in [1.82, 2.24) is 0 Å². The number of esters is 1. The molecule has 2 atom stereocenters. The van der Waals surface area contributed by atoms with Crippen LogP contribution in [-0.4, -0.2) is 22.6 Å². The van der Waals surface area contributed by atoms with Crippen molar-refractivity contribution < 1.29 is 19.4 Å². The Labute approximate surface area is 109 Å². The lowest BCUT2D eigenvalue weighted by Crippen LogP contribution is -2.30. The van der Waals surface area contributed by atoms with Gasteiger partial charge in [0.1, 0.15) is 5.60 Å². The first kappa shape index (κ1) is 15.0. The van der Waals surface area contributed by atoms with Gasteiger partial charge in [-0.25, -0.2) is 0 Å². The largest absolute Gasteiger partial charge is 0.481 e. The van der Waals surface area contributed by atoms with E-state index >= 15 is 0 Å². The van der Waals surface area contributed by atoms with Crippen LogP contribution in [0, 0.1) is 11.3 Å². The highest BCUT2D eigenvalue weighted by Gasteiger charge is 2.41. The summed E-state index contributed by atoms with van der Waals surface area (Å²) in [5.41, 5.74) is -0.903. The summed E-state index contributed by atoms with van der Waals surface area (Å²) in [7, 11) is 0. The predicted molar refractivity (Wildman–Crippen MR) is 68.2 cm³/mol. The Kier molecular flexibility index (Phi) is 4.41. The predicted octanol–water partition coefficient (Wildman–Crippen LogP) is 3.00. The van der Waals surface area contributed by atoms with E-state index in [-0.39, 0.29) is 18.8 Å². The number of rotatable bonds is 4. The molecule has 0 saturated heterocycles. The van der Waals surface area contributed by atoms with Crippen LogP contribution in [-0.2, 0) is 14.3 Å². The third-order valence-electron chi connectivity index (χ3n) is 3.41. The van der Waals surface area contributed by atoms with Crippen molar-refractivity contribution >= 4 is 11.9 Å². The standard InChI is InChI=1S/C14H24O4/c1-10-5-6-14(7-10,8-11(15)16)9-12(17)18-13(2,3)4/h10H,5-9H2,1-4H3,(H,15,16)/t10-,14-/m1/s1. The summed E-state index contributed by atoms with van der Waals surface area (Å²) in [6.07, 6.45) is 2.89. The second-order valence-corrected chi connectivity index (χ2v) is 6.68. The van der Waals surface area contributed by atoms with E-state index in [0.717, 1.165) is 19.3 Å². The van der Waals surface area contributed by atoms with Crippen LogP contribution in [0.4, 0.5) is 0 Å². The molecule has 1 aliphatic carbocycles.